The highest BCUT2D eigenvalue weighted by Crippen LogP contribution is 2.45. The number of benzene rings is 9. The molecule has 55 heavy (non-hydrogen) atoms. The summed E-state index contributed by atoms with van der Waals surface area (Å²) < 4.78 is 12.9. The van der Waals surface area contributed by atoms with E-state index in [1.54, 1.807) is 0 Å². The normalized spacial score (nSPS) is 11.6. The molecular formula is C51H32N2O2. The molecule has 4 nitrogen and oxygen atoms in total. The lowest BCUT2D eigenvalue weighted by Crippen LogP contribution is -2.11. The van der Waals surface area contributed by atoms with Crippen molar-refractivity contribution >= 4 is 71.6 Å². The summed E-state index contributed by atoms with van der Waals surface area (Å²) in [4.78, 5) is 7.28. The Balaban J connectivity index is 1.12. The van der Waals surface area contributed by atoms with E-state index >= 15 is 0 Å². The molecule has 0 aliphatic rings. The molecule has 0 amide bonds. The number of fused-ring (bicyclic) bond motifs is 8. The average Bonchev–Trinajstić information content (AvgIpc) is 3.87. The first-order valence-corrected chi connectivity index (χ1v) is 18.5. The fourth-order valence-electron chi connectivity index (χ4n) is 8.02. The summed E-state index contributed by atoms with van der Waals surface area (Å²) in [6, 6.07) is 68.2. The van der Waals surface area contributed by atoms with Crippen LogP contribution in [0.15, 0.2) is 203 Å². The van der Waals surface area contributed by atoms with E-state index in [1.807, 2.05) is 42.5 Å². The van der Waals surface area contributed by atoms with Crippen LogP contribution < -0.4 is 4.90 Å². The molecule has 0 atom stereocenters. The van der Waals surface area contributed by atoms with Crippen LogP contribution >= 0.6 is 0 Å². The van der Waals surface area contributed by atoms with Crippen molar-refractivity contribution in [3.8, 4) is 33.7 Å². The fourth-order valence-corrected chi connectivity index (χ4v) is 8.02. The van der Waals surface area contributed by atoms with Crippen LogP contribution in [0.3, 0.4) is 0 Å². The minimum Gasteiger partial charge on any atom is -0.456 e. The van der Waals surface area contributed by atoms with Gasteiger partial charge in [-0.3, -0.25) is 0 Å². The largest absolute Gasteiger partial charge is 0.456 e. The second-order valence-corrected chi connectivity index (χ2v) is 13.9. The standard InChI is InChI=1S/C51H32N2O2/c1-4-12-33(13-5-1)43-30-37(38-23-27-42-41-18-10-11-19-47(41)54-48(42)31-38)25-29-46(43)53(39-16-8-3-9-17-39)40-26-22-34-20-21-35-24-28-45-50(49(35)44(34)32-40)55-51(52-45)36-14-6-2-7-15-36/h1-32H. The average molecular weight is 705 g/mol. The maximum absolute atomic E-state index is 6.59. The smallest absolute Gasteiger partial charge is 0.227 e. The molecule has 0 aliphatic heterocycles. The van der Waals surface area contributed by atoms with Crippen molar-refractivity contribution in [1.29, 1.82) is 0 Å². The number of hydrogen-bond acceptors (Lipinski definition) is 4. The Morgan fingerprint density at radius 2 is 1.05 bits per heavy atom. The number of hydrogen-bond donors (Lipinski definition) is 0. The number of oxazole rings is 1. The number of rotatable bonds is 6. The maximum Gasteiger partial charge on any atom is 0.227 e. The lowest BCUT2D eigenvalue weighted by molar-refractivity contribution is 0.623. The Morgan fingerprint density at radius 3 is 1.89 bits per heavy atom. The van der Waals surface area contributed by atoms with E-state index in [9.17, 15) is 0 Å². The predicted octanol–water partition coefficient (Wildman–Crippen LogP) is 14.5. The SMILES string of the molecule is c1ccc(-c2nc3ccc4ccc5ccc(N(c6ccccc6)c6ccc(-c7ccc8c(c7)oc7ccccc78)cc6-c6ccccc6)cc5c4c3o2)cc1. The summed E-state index contributed by atoms with van der Waals surface area (Å²) in [6.07, 6.45) is 0. The number of anilines is 3. The van der Waals surface area contributed by atoms with E-state index in [0.29, 0.717) is 5.89 Å². The van der Waals surface area contributed by atoms with Crippen molar-refractivity contribution < 1.29 is 8.83 Å². The molecule has 2 aromatic heterocycles. The zero-order valence-corrected chi connectivity index (χ0v) is 29.7. The van der Waals surface area contributed by atoms with Crippen LogP contribution in [-0.2, 0) is 0 Å². The van der Waals surface area contributed by atoms with Crippen molar-refractivity contribution in [3.05, 3.63) is 194 Å². The second-order valence-electron chi connectivity index (χ2n) is 13.9. The summed E-state index contributed by atoms with van der Waals surface area (Å²) >= 11 is 0. The molecule has 0 bridgehead atoms. The van der Waals surface area contributed by atoms with E-state index in [-0.39, 0.29) is 0 Å². The van der Waals surface area contributed by atoms with E-state index < -0.39 is 0 Å². The first kappa shape index (κ1) is 31.1. The van der Waals surface area contributed by atoms with Gasteiger partial charge in [-0.2, -0.15) is 0 Å². The van der Waals surface area contributed by atoms with Gasteiger partial charge in [0.25, 0.3) is 0 Å². The molecule has 0 N–H and O–H groups in total. The third-order valence-corrected chi connectivity index (χ3v) is 10.7. The topological polar surface area (TPSA) is 42.4 Å². The lowest BCUT2D eigenvalue weighted by atomic mass is 9.95. The van der Waals surface area contributed by atoms with Crippen LogP contribution in [0.1, 0.15) is 0 Å². The van der Waals surface area contributed by atoms with Crippen LogP contribution in [0.25, 0.3) is 88.3 Å². The highest BCUT2D eigenvalue weighted by Gasteiger charge is 2.21. The Labute approximate surface area is 317 Å². The third kappa shape index (κ3) is 5.26. The molecule has 0 fully saturated rings. The fraction of sp³-hybridized carbons (Fsp3) is 0. The first-order valence-electron chi connectivity index (χ1n) is 18.5. The zero-order valence-electron chi connectivity index (χ0n) is 29.7. The van der Waals surface area contributed by atoms with Crippen LogP contribution in [0.5, 0.6) is 0 Å². The molecular weight excluding hydrogens is 673 g/mol. The molecule has 0 aliphatic carbocycles. The Hall–Kier alpha value is -7.43. The number of furan rings is 1. The minimum absolute atomic E-state index is 0.620. The van der Waals surface area contributed by atoms with Crippen molar-refractivity contribution in [1.82, 2.24) is 4.98 Å². The van der Waals surface area contributed by atoms with Gasteiger partial charge in [0.1, 0.15) is 16.7 Å². The van der Waals surface area contributed by atoms with Gasteiger partial charge in [0, 0.05) is 38.7 Å². The van der Waals surface area contributed by atoms with Gasteiger partial charge in [-0.1, -0.05) is 121 Å². The van der Waals surface area contributed by atoms with E-state index in [4.69, 9.17) is 13.8 Å². The van der Waals surface area contributed by atoms with Crippen LogP contribution in [0.2, 0.25) is 0 Å². The summed E-state index contributed by atoms with van der Waals surface area (Å²) in [5.74, 6) is 0.620. The van der Waals surface area contributed by atoms with Gasteiger partial charge >= 0.3 is 0 Å². The van der Waals surface area contributed by atoms with Crippen molar-refractivity contribution in [2.75, 3.05) is 4.90 Å². The molecule has 9 aromatic carbocycles. The first-order chi connectivity index (χ1) is 27.2. The molecule has 0 unspecified atom stereocenters. The summed E-state index contributed by atoms with van der Waals surface area (Å²) in [5.41, 5.74) is 12.0. The van der Waals surface area contributed by atoms with Gasteiger partial charge in [-0.15, -0.1) is 0 Å². The summed E-state index contributed by atoms with van der Waals surface area (Å²) in [6.45, 7) is 0. The quantitative estimate of drug-likeness (QED) is 0.162. The zero-order chi connectivity index (χ0) is 36.3. The summed E-state index contributed by atoms with van der Waals surface area (Å²) in [5, 5.41) is 6.65. The molecule has 11 aromatic rings. The Bertz CT molecular complexity index is 3200. The van der Waals surface area contributed by atoms with E-state index in [2.05, 4.69) is 157 Å². The number of aromatic nitrogens is 1. The molecule has 0 spiro atoms. The van der Waals surface area contributed by atoms with E-state index in [0.717, 1.165) is 99.5 Å². The van der Waals surface area contributed by atoms with Crippen LogP contribution in [0, 0.1) is 0 Å². The Morgan fingerprint density at radius 1 is 0.400 bits per heavy atom. The van der Waals surface area contributed by atoms with Gasteiger partial charge in [0.15, 0.2) is 5.58 Å². The molecule has 4 heteroatoms. The van der Waals surface area contributed by atoms with Gasteiger partial charge in [0.05, 0.1) is 5.69 Å². The molecule has 258 valence electrons. The summed E-state index contributed by atoms with van der Waals surface area (Å²) in [7, 11) is 0. The van der Waals surface area contributed by atoms with E-state index in [1.165, 1.54) is 0 Å². The van der Waals surface area contributed by atoms with Crippen molar-refractivity contribution in [2.45, 2.75) is 0 Å². The molecule has 11 rings (SSSR count). The van der Waals surface area contributed by atoms with Crippen molar-refractivity contribution in [2.24, 2.45) is 0 Å². The van der Waals surface area contributed by atoms with Gasteiger partial charge < -0.3 is 13.7 Å². The second kappa shape index (κ2) is 12.6. The van der Waals surface area contributed by atoms with Crippen molar-refractivity contribution in [3.63, 3.8) is 0 Å². The Kier molecular flexibility index (Phi) is 7.14. The third-order valence-electron chi connectivity index (χ3n) is 10.7. The van der Waals surface area contributed by atoms with Gasteiger partial charge in [-0.25, -0.2) is 4.98 Å². The molecule has 0 saturated heterocycles. The lowest BCUT2D eigenvalue weighted by Gasteiger charge is -2.28. The van der Waals surface area contributed by atoms with Gasteiger partial charge in [0.2, 0.25) is 5.89 Å². The minimum atomic E-state index is 0.620. The van der Waals surface area contributed by atoms with Crippen LogP contribution in [-0.4, -0.2) is 4.98 Å². The maximum atomic E-state index is 6.59. The predicted molar refractivity (Wildman–Crippen MR) is 227 cm³/mol. The van der Waals surface area contributed by atoms with Crippen LogP contribution in [0.4, 0.5) is 17.1 Å². The number of nitrogens with zero attached hydrogens (tertiary/aromatic N) is 2. The molecule has 0 radical (unpaired) electrons. The molecule has 2 heterocycles. The van der Waals surface area contributed by atoms with Gasteiger partial charge in [-0.05, 0) is 106 Å². The molecule has 0 saturated carbocycles. The highest BCUT2D eigenvalue weighted by molar-refractivity contribution is 6.19. The number of para-hydroxylation sites is 2. The monoisotopic (exact) mass is 704 g/mol. The highest BCUT2D eigenvalue weighted by atomic mass is 16.3.